The predicted molar refractivity (Wildman–Crippen MR) is 126 cm³/mol. The number of nitrogens with zero attached hydrogens (tertiary/aromatic N) is 3. The number of allylic oxidation sites excluding steroid dienone is 1. The molecule has 4 rings (SSSR count). The second-order valence-electron chi connectivity index (χ2n) is 9.12. The standard InChI is InChI=1S/C25H32FN3O2S/c1-4-5-20-14-19(6-7-21(20)26)15-28-10-8-25(9-11-28)17-29(12-13-31-25)24(30)22-16-32-23(27-22)18(2)3/h4-7,14,16,18H,8-13,15,17H2,1-3H3. The van der Waals surface area contributed by atoms with Crippen molar-refractivity contribution in [2.24, 2.45) is 0 Å². The number of carbonyl (C=O) groups excluding carboxylic acids is 1. The Bertz CT molecular complexity index is 979. The topological polar surface area (TPSA) is 45.7 Å². The van der Waals surface area contributed by atoms with Crippen molar-refractivity contribution < 1.29 is 13.9 Å². The lowest BCUT2D eigenvalue weighted by atomic mass is 9.89. The molecule has 0 unspecified atom stereocenters. The smallest absolute Gasteiger partial charge is 0.273 e. The largest absolute Gasteiger partial charge is 0.371 e. The molecule has 2 aromatic rings. The molecule has 0 bridgehead atoms. The van der Waals surface area contributed by atoms with Gasteiger partial charge in [0, 0.05) is 43.0 Å². The summed E-state index contributed by atoms with van der Waals surface area (Å²) in [5.74, 6) is 0.156. The Labute approximate surface area is 193 Å². The van der Waals surface area contributed by atoms with Crippen LogP contribution in [-0.2, 0) is 11.3 Å². The first-order valence-electron chi connectivity index (χ1n) is 11.4. The quantitative estimate of drug-likeness (QED) is 0.638. The highest BCUT2D eigenvalue weighted by molar-refractivity contribution is 7.09. The number of aromatic nitrogens is 1. The van der Waals surface area contributed by atoms with Crippen LogP contribution < -0.4 is 0 Å². The fourth-order valence-electron chi connectivity index (χ4n) is 4.51. The number of hydrogen-bond donors (Lipinski definition) is 0. The number of likely N-dealkylation sites (tertiary alicyclic amines) is 1. The zero-order chi connectivity index (χ0) is 22.7. The van der Waals surface area contributed by atoms with E-state index in [1.807, 2.05) is 35.4 Å². The average molecular weight is 458 g/mol. The highest BCUT2D eigenvalue weighted by atomic mass is 32.1. The van der Waals surface area contributed by atoms with Crippen molar-refractivity contribution in [3.05, 3.63) is 57.3 Å². The van der Waals surface area contributed by atoms with Gasteiger partial charge in [0.25, 0.3) is 5.91 Å². The van der Waals surface area contributed by atoms with Crippen LogP contribution in [0.25, 0.3) is 6.08 Å². The lowest BCUT2D eigenvalue weighted by Gasteiger charge is -2.47. The molecule has 7 heteroatoms. The second-order valence-corrected chi connectivity index (χ2v) is 10.0. The van der Waals surface area contributed by atoms with Crippen LogP contribution in [0.4, 0.5) is 4.39 Å². The molecule has 2 fully saturated rings. The van der Waals surface area contributed by atoms with E-state index in [4.69, 9.17) is 4.74 Å². The normalized spacial score (nSPS) is 19.3. The molecule has 172 valence electrons. The van der Waals surface area contributed by atoms with Crippen molar-refractivity contribution >= 4 is 23.3 Å². The summed E-state index contributed by atoms with van der Waals surface area (Å²) in [6, 6.07) is 5.34. The van der Waals surface area contributed by atoms with Gasteiger partial charge in [-0.15, -0.1) is 11.3 Å². The maximum atomic E-state index is 13.9. The van der Waals surface area contributed by atoms with E-state index in [0.29, 0.717) is 36.9 Å². The Morgan fingerprint density at radius 3 is 2.78 bits per heavy atom. The maximum absolute atomic E-state index is 13.9. The first kappa shape index (κ1) is 23.1. The van der Waals surface area contributed by atoms with Crippen LogP contribution in [0, 0.1) is 5.82 Å². The van der Waals surface area contributed by atoms with Crippen molar-refractivity contribution in [1.29, 1.82) is 0 Å². The van der Waals surface area contributed by atoms with Crippen molar-refractivity contribution in [2.75, 3.05) is 32.8 Å². The molecular formula is C25H32FN3O2S. The Balaban J connectivity index is 1.36. The summed E-state index contributed by atoms with van der Waals surface area (Å²) in [5.41, 5.74) is 2.02. The molecule has 32 heavy (non-hydrogen) atoms. The number of morpholine rings is 1. The third kappa shape index (κ3) is 5.11. The van der Waals surface area contributed by atoms with E-state index >= 15 is 0 Å². The molecule has 0 aliphatic carbocycles. The zero-order valence-corrected chi connectivity index (χ0v) is 20.0. The number of ether oxygens (including phenoxy) is 1. The minimum absolute atomic E-state index is 0.0149. The van der Waals surface area contributed by atoms with Crippen LogP contribution in [-0.4, -0.2) is 59.1 Å². The van der Waals surface area contributed by atoms with E-state index < -0.39 is 0 Å². The van der Waals surface area contributed by atoms with Gasteiger partial charge in [0.15, 0.2) is 0 Å². The lowest BCUT2D eigenvalue weighted by Crippen LogP contribution is -2.58. The summed E-state index contributed by atoms with van der Waals surface area (Å²) in [7, 11) is 0. The molecule has 1 aromatic heterocycles. The van der Waals surface area contributed by atoms with Gasteiger partial charge in [0.1, 0.15) is 11.5 Å². The van der Waals surface area contributed by atoms with Crippen molar-refractivity contribution in [2.45, 2.75) is 51.7 Å². The average Bonchev–Trinajstić information content (AvgIpc) is 3.28. The number of piperidine rings is 1. The molecule has 0 atom stereocenters. The maximum Gasteiger partial charge on any atom is 0.273 e. The third-order valence-electron chi connectivity index (χ3n) is 6.35. The number of benzene rings is 1. The predicted octanol–water partition coefficient (Wildman–Crippen LogP) is 4.95. The van der Waals surface area contributed by atoms with Crippen molar-refractivity contribution in [1.82, 2.24) is 14.8 Å². The fourth-order valence-corrected chi connectivity index (χ4v) is 5.32. The molecule has 2 aliphatic rings. The monoisotopic (exact) mass is 457 g/mol. The minimum atomic E-state index is -0.278. The van der Waals surface area contributed by atoms with Gasteiger partial charge in [-0.1, -0.05) is 32.1 Å². The van der Waals surface area contributed by atoms with Gasteiger partial charge < -0.3 is 9.64 Å². The van der Waals surface area contributed by atoms with Crippen LogP contribution in [0.5, 0.6) is 0 Å². The Kier molecular flexibility index (Phi) is 7.08. The molecule has 0 saturated carbocycles. The molecule has 0 N–H and O–H groups in total. The van der Waals surface area contributed by atoms with Gasteiger partial charge >= 0.3 is 0 Å². The van der Waals surface area contributed by atoms with Crippen molar-refractivity contribution in [3.8, 4) is 0 Å². The van der Waals surface area contributed by atoms with E-state index in [1.54, 1.807) is 23.5 Å². The lowest BCUT2D eigenvalue weighted by molar-refractivity contribution is -0.128. The van der Waals surface area contributed by atoms with E-state index in [9.17, 15) is 9.18 Å². The van der Waals surface area contributed by atoms with Crippen molar-refractivity contribution in [3.63, 3.8) is 0 Å². The first-order valence-corrected chi connectivity index (χ1v) is 12.3. The van der Waals surface area contributed by atoms with Crippen LogP contribution in [0.3, 0.4) is 0 Å². The number of carbonyl (C=O) groups is 1. The highest BCUT2D eigenvalue weighted by Gasteiger charge is 2.41. The van der Waals surface area contributed by atoms with E-state index in [1.165, 1.54) is 0 Å². The van der Waals surface area contributed by atoms with Gasteiger partial charge in [-0.3, -0.25) is 9.69 Å². The molecule has 1 amide bonds. The Morgan fingerprint density at radius 2 is 2.09 bits per heavy atom. The summed E-state index contributed by atoms with van der Waals surface area (Å²) < 4.78 is 20.2. The van der Waals surface area contributed by atoms with E-state index in [-0.39, 0.29) is 17.3 Å². The molecule has 1 spiro atoms. The summed E-state index contributed by atoms with van der Waals surface area (Å²) in [5, 5.41) is 2.88. The molecular weight excluding hydrogens is 425 g/mol. The minimum Gasteiger partial charge on any atom is -0.371 e. The second kappa shape index (κ2) is 9.81. The van der Waals surface area contributed by atoms with Gasteiger partial charge in [-0.25, -0.2) is 9.37 Å². The number of hydrogen-bond acceptors (Lipinski definition) is 5. The Hall–Kier alpha value is -2.09. The molecule has 3 heterocycles. The number of halogens is 1. The van der Waals surface area contributed by atoms with E-state index in [2.05, 4.69) is 23.7 Å². The molecule has 5 nitrogen and oxygen atoms in total. The van der Waals surface area contributed by atoms with Gasteiger partial charge in [0.2, 0.25) is 0 Å². The number of rotatable bonds is 5. The van der Waals surface area contributed by atoms with E-state index in [0.717, 1.165) is 43.0 Å². The summed E-state index contributed by atoms with van der Waals surface area (Å²) in [4.78, 5) is 21.9. The van der Waals surface area contributed by atoms with Crippen LogP contribution in [0.2, 0.25) is 0 Å². The zero-order valence-electron chi connectivity index (χ0n) is 19.1. The first-order chi connectivity index (χ1) is 15.4. The van der Waals surface area contributed by atoms with Crippen LogP contribution in [0.15, 0.2) is 29.7 Å². The summed E-state index contributed by atoms with van der Waals surface area (Å²) in [6.45, 7) is 10.5. The fraction of sp³-hybridized carbons (Fsp3) is 0.520. The SMILES string of the molecule is CC=Cc1cc(CN2CCC3(CC2)CN(C(=O)c2csc(C(C)C)n2)CCO3)ccc1F. The third-order valence-corrected chi connectivity index (χ3v) is 7.50. The number of thiazole rings is 1. The molecule has 0 radical (unpaired) electrons. The highest BCUT2D eigenvalue weighted by Crippen LogP contribution is 2.32. The van der Waals surface area contributed by atoms with Gasteiger partial charge in [-0.2, -0.15) is 0 Å². The number of amides is 1. The molecule has 2 aliphatic heterocycles. The van der Waals surface area contributed by atoms with Crippen LogP contribution in [0.1, 0.15) is 66.2 Å². The summed E-state index contributed by atoms with van der Waals surface area (Å²) >= 11 is 1.56. The molecule has 2 saturated heterocycles. The summed E-state index contributed by atoms with van der Waals surface area (Å²) in [6.07, 6.45) is 5.43. The van der Waals surface area contributed by atoms with Gasteiger partial charge in [0.05, 0.1) is 23.8 Å². The Morgan fingerprint density at radius 1 is 1.31 bits per heavy atom. The van der Waals surface area contributed by atoms with Crippen LogP contribution >= 0.6 is 11.3 Å². The molecule has 1 aromatic carbocycles. The van der Waals surface area contributed by atoms with Gasteiger partial charge in [-0.05, 0) is 37.5 Å².